The maximum absolute atomic E-state index is 12.5. The van der Waals surface area contributed by atoms with Crippen LogP contribution in [0.2, 0.25) is 0 Å². The van der Waals surface area contributed by atoms with E-state index in [1.165, 1.54) is 32.4 Å². The van der Waals surface area contributed by atoms with Gasteiger partial charge in [0.1, 0.15) is 0 Å². The van der Waals surface area contributed by atoms with E-state index < -0.39 is 0 Å². The number of likely N-dealkylation sites (tertiary alicyclic amines) is 1. The molecule has 2 aromatic rings. The van der Waals surface area contributed by atoms with Gasteiger partial charge in [-0.1, -0.05) is 18.6 Å². The van der Waals surface area contributed by atoms with Crippen molar-refractivity contribution in [1.82, 2.24) is 14.5 Å². The van der Waals surface area contributed by atoms with Gasteiger partial charge in [0.25, 0.3) is 5.56 Å². The van der Waals surface area contributed by atoms with Gasteiger partial charge >= 0.3 is 0 Å². The van der Waals surface area contributed by atoms with Crippen LogP contribution in [0.4, 0.5) is 0 Å². The maximum Gasteiger partial charge on any atom is 0.262 e. The highest BCUT2D eigenvalue weighted by molar-refractivity contribution is 7.71. The minimum absolute atomic E-state index is 0.0213. The Balaban J connectivity index is 1.74. The molecule has 2 heterocycles. The van der Waals surface area contributed by atoms with Crippen molar-refractivity contribution in [2.45, 2.75) is 32.2 Å². The van der Waals surface area contributed by atoms with Gasteiger partial charge < -0.3 is 9.88 Å². The van der Waals surface area contributed by atoms with Gasteiger partial charge in [-0.25, -0.2) is 0 Å². The largest absolute Gasteiger partial charge is 0.332 e. The Morgan fingerprint density at radius 2 is 1.86 bits per heavy atom. The number of hydrogen-bond donors (Lipinski definition) is 1. The summed E-state index contributed by atoms with van der Waals surface area (Å²) in [5, 5.41) is 0.712. The van der Waals surface area contributed by atoms with E-state index in [0.29, 0.717) is 16.7 Å². The van der Waals surface area contributed by atoms with Crippen LogP contribution in [-0.2, 0) is 6.54 Å². The molecule has 0 amide bonds. The van der Waals surface area contributed by atoms with E-state index in [-0.39, 0.29) is 5.56 Å². The standard InChI is InChI=1S/C16H21N3OS/c20-15-13-7-2-3-8-14(13)17-16(21)19(15)12-6-11-18-9-4-1-5-10-18/h2-3,7-8H,1,4-6,9-12H2,(H,17,21). The summed E-state index contributed by atoms with van der Waals surface area (Å²) in [5.74, 6) is 0. The van der Waals surface area contributed by atoms with E-state index in [4.69, 9.17) is 12.2 Å². The van der Waals surface area contributed by atoms with Crippen LogP contribution in [0.3, 0.4) is 0 Å². The highest BCUT2D eigenvalue weighted by Gasteiger charge is 2.10. The van der Waals surface area contributed by atoms with Crippen molar-refractivity contribution < 1.29 is 0 Å². The number of benzene rings is 1. The number of nitrogens with zero attached hydrogens (tertiary/aromatic N) is 2. The van der Waals surface area contributed by atoms with Crippen molar-refractivity contribution in [2.75, 3.05) is 19.6 Å². The molecule has 1 fully saturated rings. The fraction of sp³-hybridized carbons (Fsp3) is 0.500. The Hall–Kier alpha value is -1.46. The van der Waals surface area contributed by atoms with Crippen LogP contribution in [0.5, 0.6) is 0 Å². The van der Waals surface area contributed by atoms with Crippen molar-refractivity contribution in [1.29, 1.82) is 0 Å². The molecule has 0 bridgehead atoms. The summed E-state index contributed by atoms with van der Waals surface area (Å²) in [6, 6.07) is 7.54. The lowest BCUT2D eigenvalue weighted by Gasteiger charge is -2.26. The lowest BCUT2D eigenvalue weighted by molar-refractivity contribution is 0.222. The minimum Gasteiger partial charge on any atom is -0.332 e. The number of H-pyrrole nitrogens is 1. The van der Waals surface area contributed by atoms with Crippen LogP contribution in [0.15, 0.2) is 29.1 Å². The molecule has 1 aromatic heterocycles. The number of aromatic amines is 1. The molecule has 1 aromatic carbocycles. The highest BCUT2D eigenvalue weighted by atomic mass is 32.1. The number of piperidine rings is 1. The molecular weight excluding hydrogens is 282 g/mol. The second-order valence-electron chi connectivity index (χ2n) is 5.69. The van der Waals surface area contributed by atoms with Crippen LogP contribution >= 0.6 is 12.2 Å². The molecule has 0 aliphatic carbocycles. The fourth-order valence-corrected chi connectivity index (χ4v) is 3.32. The Labute approximate surface area is 129 Å². The Morgan fingerprint density at radius 1 is 1.10 bits per heavy atom. The molecule has 1 saturated heterocycles. The number of para-hydroxylation sites is 1. The van der Waals surface area contributed by atoms with Gasteiger partial charge in [0.2, 0.25) is 0 Å². The fourth-order valence-electron chi connectivity index (χ4n) is 3.04. The third kappa shape index (κ3) is 3.24. The van der Waals surface area contributed by atoms with E-state index in [2.05, 4.69) is 9.88 Å². The van der Waals surface area contributed by atoms with Gasteiger partial charge in [-0.05, 0) is 63.2 Å². The van der Waals surface area contributed by atoms with Crippen LogP contribution in [-0.4, -0.2) is 34.1 Å². The first-order chi connectivity index (χ1) is 10.3. The van der Waals surface area contributed by atoms with Crippen molar-refractivity contribution in [3.05, 3.63) is 39.4 Å². The zero-order valence-electron chi connectivity index (χ0n) is 12.2. The first kappa shape index (κ1) is 14.5. The molecule has 4 nitrogen and oxygen atoms in total. The Kier molecular flexibility index (Phi) is 4.51. The number of fused-ring (bicyclic) bond motifs is 1. The molecule has 1 N–H and O–H groups in total. The molecule has 112 valence electrons. The van der Waals surface area contributed by atoms with Gasteiger partial charge in [0.15, 0.2) is 4.77 Å². The van der Waals surface area contributed by atoms with E-state index in [9.17, 15) is 4.79 Å². The summed E-state index contributed by atoms with van der Waals surface area (Å²) in [5.41, 5.74) is 0.841. The number of aromatic nitrogens is 2. The van der Waals surface area contributed by atoms with Crippen LogP contribution in [0, 0.1) is 4.77 Å². The molecule has 0 saturated carbocycles. The summed E-state index contributed by atoms with van der Waals surface area (Å²) >= 11 is 5.33. The van der Waals surface area contributed by atoms with Gasteiger partial charge in [0, 0.05) is 6.54 Å². The molecule has 0 spiro atoms. The summed E-state index contributed by atoms with van der Waals surface area (Å²) < 4.78 is 2.22. The Morgan fingerprint density at radius 3 is 2.67 bits per heavy atom. The third-order valence-corrected chi connectivity index (χ3v) is 4.52. The van der Waals surface area contributed by atoms with Crippen LogP contribution in [0.25, 0.3) is 10.9 Å². The first-order valence-electron chi connectivity index (χ1n) is 7.70. The zero-order valence-corrected chi connectivity index (χ0v) is 13.0. The van der Waals surface area contributed by atoms with E-state index in [1.807, 2.05) is 24.3 Å². The van der Waals surface area contributed by atoms with E-state index >= 15 is 0 Å². The molecular formula is C16H21N3OS. The van der Waals surface area contributed by atoms with Crippen molar-refractivity contribution in [2.24, 2.45) is 0 Å². The summed E-state index contributed by atoms with van der Waals surface area (Å²) in [4.78, 5) is 18.1. The molecule has 0 unspecified atom stereocenters. The molecule has 3 rings (SSSR count). The highest BCUT2D eigenvalue weighted by Crippen LogP contribution is 2.10. The average molecular weight is 303 g/mol. The molecule has 1 aliphatic heterocycles. The second kappa shape index (κ2) is 6.54. The predicted octanol–water partition coefficient (Wildman–Crippen LogP) is 2.94. The zero-order chi connectivity index (χ0) is 14.7. The predicted molar refractivity (Wildman–Crippen MR) is 88.3 cm³/mol. The van der Waals surface area contributed by atoms with Crippen LogP contribution < -0.4 is 5.56 Å². The van der Waals surface area contributed by atoms with Gasteiger partial charge in [-0.3, -0.25) is 9.36 Å². The average Bonchev–Trinajstić information content (AvgIpc) is 2.51. The normalized spacial score (nSPS) is 16.4. The van der Waals surface area contributed by atoms with Gasteiger partial charge in [0.05, 0.1) is 10.9 Å². The third-order valence-electron chi connectivity index (χ3n) is 4.19. The van der Waals surface area contributed by atoms with Crippen molar-refractivity contribution in [3.63, 3.8) is 0 Å². The molecule has 5 heteroatoms. The second-order valence-corrected chi connectivity index (χ2v) is 6.08. The lowest BCUT2D eigenvalue weighted by atomic mass is 10.1. The minimum atomic E-state index is 0.0213. The monoisotopic (exact) mass is 303 g/mol. The smallest absolute Gasteiger partial charge is 0.262 e. The number of rotatable bonds is 4. The van der Waals surface area contributed by atoms with Gasteiger partial charge in [-0.15, -0.1) is 0 Å². The lowest BCUT2D eigenvalue weighted by Crippen LogP contribution is -2.32. The summed E-state index contributed by atoms with van der Waals surface area (Å²) in [7, 11) is 0. The number of nitrogens with one attached hydrogen (secondary N) is 1. The number of hydrogen-bond acceptors (Lipinski definition) is 3. The summed E-state index contributed by atoms with van der Waals surface area (Å²) in [6.45, 7) is 4.13. The topological polar surface area (TPSA) is 41.0 Å². The molecule has 0 atom stereocenters. The Bertz CT molecular complexity index is 728. The summed E-state index contributed by atoms with van der Waals surface area (Å²) in [6.07, 6.45) is 4.92. The molecule has 21 heavy (non-hydrogen) atoms. The first-order valence-corrected chi connectivity index (χ1v) is 8.11. The van der Waals surface area contributed by atoms with Crippen molar-refractivity contribution >= 4 is 23.1 Å². The van der Waals surface area contributed by atoms with E-state index in [0.717, 1.165) is 18.5 Å². The van der Waals surface area contributed by atoms with Crippen LogP contribution in [0.1, 0.15) is 25.7 Å². The molecule has 0 radical (unpaired) electrons. The SMILES string of the molecule is O=c1c2ccccc2[nH]c(=S)n1CCCN1CCCCC1. The van der Waals surface area contributed by atoms with Gasteiger partial charge in [-0.2, -0.15) is 0 Å². The maximum atomic E-state index is 12.5. The molecule has 1 aliphatic rings. The van der Waals surface area contributed by atoms with Crippen molar-refractivity contribution in [3.8, 4) is 0 Å². The quantitative estimate of drug-likeness (QED) is 0.883. The van der Waals surface area contributed by atoms with E-state index in [1.54, 1.807) is 4.57 Å².